The molecule has 3 rings (SSSR count). The summed E-state index contributed by atoms with van der Waals surface area (Å²) in [6.07, 6.45) is 2.05. The van der Waals surface area contributed by atoms with Gasteiger partial charge in [0.1, 0.15) is 0 Å². The summed E-state index contributed by atoms with van der Waals surface area (Å²) >= 11 is 9.36. The number of hydrazine groups is 1. The van der Waals surface area contributed by atoms with Crippen molar-refractivity contribution in [1.29, 1.82) is 0 Å². The van der Waals surface area contributed by atoms with E-state index in [1.165, 1.54) is 0 Å². The molecule has 0 aromatic heterocycles. The third-order valence-corrected chi connectivity index (χ3v) is 4.33. The van der Waals surface area contributed by atoms with Crippen molar-refractivity contribution < 1.29 is 4.79 Å². The molecule has 1 atom stereocenters. The summed E-state index contributed by atoms with van der Waals surface area (Å²) in [7, 11) is 0. The molecular formula is C17H14BrClN2O. The monoisotopic (exact) mass is 376 g/mol. The highest BCUT2D eigenvalue weighted by Crippen LogP contribution is 2.32. The second-order valence-corrected chi connectivity index (χ2v) is 6.44. The van der Waals surface area contributed by atoms with Gasteiger partial charge in [0, 0.05) is 16.4 Å². The minimum Gasteiger partial charge on any atom is -0.295 e. The lowest BCUT2D eigenvalue weighted by Crippen LogP contribution is -2.37. The summed E-state index contributed by atoms with van der Waals surface area (Å²) < 4.78 is 1.01. The predicted octanol–water partition coefficient (Wildman–Crippen LogP) is 4.55. The average Bonchev–Trinajstić information content (AvgIpc) is 2.94. The van der Waals surface area contributed by atoms with Crippen molar-refractivity contribution in [3.8, 4) is 0 Å². The molecule has 22 heavy (non-hydrogen) atoms. The fourth-order valence-corrected chi connectivity index (χ4v) is 2.83. The highest BCUT2D eigenvalue weighted by Gasteiger charge is 2.28. The summed E-state index contributed by atoms with van der Waals surface area (Å²) in [5.74, 6) is -0.0341. The first-order valence-electron chi connectivity index (χ1n) is 6.84. The molecule has 1 heterocycles. The first-order valence-corrected chi connectivity index (χ1v) is 8.01. The van der Waals surface area contributed by atoms with Crippen LogP contribution in [0.15, 0.2) is 59.1 Å². The van der Waals surface area contributed by atoms with E-state index in [1.54, 1.807) is 11.9 Å². The van der Waals surface area contributed by atoms with Crippen molar-refractivity contribution in [2.24, 2.45) is 0 Å². The normalized spacial score (nSPS) is 17.1. The summed E-state index contributed by atoms with van der Waals surface area (Å²) in [6, 6.07) is 15.4. The smallest absolute Gasteiger partial charge is 0.238 e. The molecule has 1 N–H and O–H groups in total. The van der Waals surface area contributed by atoms with E-state index in [0.717, 1.165) is 21.3 Å². The zero-order valence-corrected chi connectivity index (χ0v) is 14.2. The number of nitrogens with one attached hydrogen (secondary N) is 1. The first kappa shape index (κ1) is 15.1. The van der Waals surface area contributed by atoms with Crippen molar-refractivity contribution >= 4 is 39.1 Å². The molecular weight excluding hydrogens is 364 g/mol. The molecule has 1 amide bonds. The number of carbonyl (C=O) groups is 1. The number of hydrogen-bond donors (Lipinski definition) is 1. The molecule has 3 nitrogen and oxygen atoms in total. The van der Waals surface area contributed by atoms with Crippen molar-refractivity contribution in [2.45, 2.75) is 13.0 Å². The van der Waals surface area contributed by atoms with Gasteiger partial charge in [0.15, 0.2) is 0 Å². The molecule has 0 unspecified atom stereocenters. The Morgan fingerprint density at radius 1 is 1.14 bits per heavy atom. The fraction of sp³-hybridized carbons (Fsp3) is 0.118. The van der Waals surface area contributed by atoms with Gasteiger partial charge in [-0.2, -0.15) is 0 Å². The van der Waals surface area contributed by atoms with E-state index in [2.05, 4.69) is 21.4 Å². The summed E-state index contributed by atoms with van der Waals surface area (Å²) in [5, 5.41) is 2.32. The molecule has 0 radical (unpaired) electrons. The Balaban J connectivity index is 1.96. The van der Waals surface area contributed by atoms with Crippen LogP contribution in [-0.2, 0) is 4.79 Å². The van der Waals surface area contributed by atoms with E-state index in [0.29, 0.717) is 5.02 Å². The van der Waals surface area contributed by atoms with Gasteiger partial charge < -0.3 is 0 Å². The first-order chi connectivity index (χ1) is 10.5. The standard InChI is InChI=1S/C17H14BrClN2O/c1-11(22)21-17(13-2-6-14(18)7-3-13)10-16(20-21)12-4-8-15(19)9-5-12/h2-10,17,20H,1H3/t17-/m1/s1. The van der Waals surface area contributed by atoms with Crippen LogP contribution in [-0.4, -0.2) is 10.9 Å². The Kier molecular flexibility index (Phi) is 4.23. The van der Waals surface area contributed by atoms with Crippen LogP contribution >= 0.6 is 27.5 Å². The highest BCUT2D eigenvalue weighted by molar-refractivity contribution is 9.10. The number of halogens is 2. The SMILES string of the molecule is CC(=O)N1NC(c2ccc(Cl)cc2)=C[C@@H]1c1ccc(Br)cc1. The minimum absolute atomic E-state index is 0.0341. The largest absolute Gasteiger partial charge is 0.295 e. The van der Waals surface area contributed by atoms with E-state index < -0.39 is 0 Å². The van der Waals surface area contributed by atoms with Crippen LogP contribution in [0.3, 0.4) is 0 Å². The summed E-state index contributed by atoms with van der Waals surface area (Å²) in [4.78, 5) is 11.9. The van der Waals surface area contributed by atoms with Gasteiger partial charge in [0.2, 0.25) is 5.91 Å². The van der Waals surface area contributed by atoms with Gasteiger partial charge in [-0.15, -0.1) is 0 Å². The van der Waals surface area contributed by atoms with Crippen LogP contribution < -0.4 is 5.43 Å². The fourth-order valence-electron chi connectivity index (χ4n) is 2.44. The molecule has 0 aliphatic carbocycles. The minimum atomic E-state index is -0.128. The van der Waals surface area contributed by atoms with Crippen LogP contribution in [0.1, 0.15) is 24.1 Å². The van der Waals surface area contributed by atoms with Crippen LogP contribution in [0, 0.1) is 0 Å². The zero-order chi connectivity index (χ0) is 15.7. The molecule has 1 aliphatic heterocycles. The molecule has 0 bridgehead atoms. The lowest BCUT2D eigenvalue weighted by molar-refractivity contribution is -0.132. The Morgan fingerprint density at radius 2 is 1.77 bits per heavy atom. The van der Waals surface area contributed by atoms with Crippen LogP contribution in [0.2, 0.25) is 5.02 Å². The van der Waals surface area contributed by atoms with Crippen LogP contribution in [0.5, 0.6) is 0 Å². The lowest BCUT2D eigenvalue weighted by Gasteiger charge is -2.24. The third kappa shape index (κ3) is 3.03. The molecule has 0 fully saturated rings. The predicted molar refractivity (Wildman–Crippen MR) is 92.0 cm³/mol. The van der Waals surface area contributed by atoms with Crippen LogP contribution in [0.25, 0.3) is 5.70 Å². The van der Waals surface area contributed by atoms with Crippen molar-refractivity contribution in [2.75, 3.05) is 0 Å². The van der Waals surface area contributed by atoms with Gasteiger partial charge in [-0.1, -0.05) is 51.8 Å². The quantitative estimate of drug-likeness (QED) is 0.832. The highest BCUT2D eigenvalue weighted by atomic mass is 79.9. The van der Waals surface area contributed by atoms with E-state index in [9.17, 15) is 4.79 Å². The second kappa shape index (κ2) is 6.15. The number of benzene rings is 2. The van der Waals surface area contributed by atoms with E-state index >= 15 is 0 Å². The zero-order valence-electron chi connectivity index (χ0n) is 11.9. The molecule has 0 saturated heterocycles. The maximum Gasteiger partial charge on any atom is 0.238 e. The van der Waals surface area contributed by atoms with E-state index in [1.807, 2.05) is 54.6 Å². The Hall–Kier alpha value is -1.78. The Labute approximate surface area is 142 Å². The third-order valence-electron chi connectivity index (χ3n) is 3.55. The van der Waals surface area contributed by atoms with Crippen molar-refractivity contribution in [3.05, 3.63) is 75.2 Å². The Bertz CT molecular complexity index is 725. The molecule has 1 aliphatic rings. The molecule has 2 aromatic rings. The van der Waals surface area contributed by atoms with Crippen molar-refractivity contribution in [3.63, 3.8) is 0 Å². The summed E-state index contributed by atoms with van der Waals surface area (Å²) in [5.41, 5.74) is 6.13. The molecule has 112 valence electrons. The number of nitrogens with zero attached hydrogens (tertiary/aromatic N) is 1. The average molecular weight is 378 g/mol. The molecule has 0 spiro atoms. The maximum absolute atomic E-state index is 11.9. The van der Waals surface area contributed by atoms with E-state index in [4.69, 9.17) is 11.6 Å². The van der Waals surface area contributed by atoms with Gasteiger partial charge in [-0.05, 0) is 41.5 Å². The van der Waals surface area contributed by atoms with Gasteiger partial charge in [0.25, 0.3) is 0 Å². The number of carbonyl (C=O) groups excluding carboxylic acids is 1. The summed E-state index contributed by atoms with van der Waals surface area (Å²) in [6.45, 7) is 1.55. The maximum atomic E-state index is 11.9. The van der Waals surface area contributed by atoms with Gasteiger partial charge in [-0.3, -0.25) is 10.2 Å². The molecule has 2 aromatic carbocycles. The van der Waals surface area contributed by atoms with Gasteiger partial charge in [-0.25, -0.2) is 5.01 Å². The number of hydrogen-bond acceptors (Lipinski definition) is 2. The molecule has 5 heteroatoms. The van der Waals surface area contributed by atoms with Crippen LogP contribution in [0.4, 0.5) is 0 Å². The van der Waals surface area contributed by atoms with Gasteiger partial charge >= 0.3 is 0 Å². The number of rotatable bonds is 2. The number of amides is 1. The van der Waals surface area contributed by atoms with E-state index in [-0.39, 0.29) is 11.9 Å². The second-order valence-electron chi connectivity index (χ2n) is 5.08. The van der Waals surface area contributed by atoms with Gasteiger partial charge in [0.05, 0.1) is 11.7 Å². The van der Waals surface area contributed by atoms with Crippen molar-refractivity contribution in [1.82, 2.24) is 10.4 Å². The Morgan fingerprint density at radius 3 is 2.36 bits per heavy atom. The topological polar surface area (TPSA) is 32.3 Å². The lowest BCUT2D eigenvalue weighted by atomic mass is 10.0. The molecule has 0 saturated carbocycles.